The third-order valence-corrected chi connectivity index (χ3v) is 2.77. The standard InChI is InChI=1S/C13H23N3O/c1-3-16(4-2)8-9-17-11-13-7-5-6-12(10-14)15-13/h5-7H,3-4,8-11,14H2,1-2H3. The van der Waals surface area contributed by atoms with E-state index in [0.29, 0.717) is 13.2 Å². The van der Waals surface area contributed by atoms with Crippen LogP contribution in [0.5, 0.6) is 0 Å². The number of hydrogen-bond donors (Lipinski definition) is 1. The topological polar surface area (TPSA) is 51.4 Å². The summed E-state index contributed by atoms with van der Waals surface area (Å²) in [6.45, 7) is 9.23. The van der Waals surface area contributed by atoms with Gasteiger partial charge in [0.2, 0.25) is 0 Å². The lowest BCUT2D eigenvalue weighted by atomic mass is 10.3. The number of rotatable bonds is 8. The summed E-state index contributed by atoms with van der Waals surface area (Å²) >= 11 is 0. The molecule has 0 unspecified atom stereocenters. The molecule has 1 heterocycles. The molecular weight excluding hydrogens is 214 g/mol. The molecule has 0 aliphatic rings. The molecule has 4 heteroatoms. The highest BCUT2D eigenvalue weighted by atomic mass is 16.5. The van der Waals surface area contributed by atoms with E-state index < -0.39 is 0 Å². The fourth-order valence-corrected chi connectivity index (χ4v) is 1.63. The number of nitrogens with zero attached hydrogens (tertiary/aromatic N) is 2. The van der Waals surface area contributed by atoms with Crippen LogP contribution in [0.15, 0.2) is 18.2 Å². The minimum Gasteiger partial charge on any atom is -0.374 e. The Morgan fingerprint density at radius 1 is 1.24 bits per heavy atom. The molecule has 0 aliphatic carbocycles. The number of nitrogens with two attached hydrogens (primary N) is 1. The second-order valence-electron chi connectivity index (χ2n) is 3.90. The lowest BCUT2D eigenvalue weighted by Crippen LogP contribution is -2.27. The van der Waals surface area contributed by atoms with Crippen LogP contribution in [0.3, 0.4) is 0 Å². The van der Waals surface area contributed by atoms with Crippen molar-refractivity contribution in [2.75, 3.05) is 26.2 Å². The van der Waals surface area contributed by atoms with Gasteiger partial charge < -0.3 is 15.4 Å². The Labute approximate surface area is 104 Å². The van der Waals surface area contributed by atoms with Gasteiger partial charge in [0.1, 0.15) is 0 Å². The van der Waals surface area contributed by atoms with Gasteiger partial charge in [-0.3, -0.25) is 4.98 Å². The SMILES string of the molecule is CCN(CC)CCOCc1cccc(CN)n1. The summed E-state index contributed by atoms with van der Waals surface area (Å²) < 4.78 is 5.61. The molecule has 1 aromatic heterocycles. The maximum atomic E-state index is 5.61. The maximum Gasteiger partial charge on any atom is 0.0888 e. The molecule has 17 heavy (non-hydrogen) atoms. The molecule has 96 valence electrons. The minimum atomic E-state index is 0.479. The summed E-state index contributed by atoms with van der Waals surface area (Å²) in [6.07, 6.45) is 0. The van der Waals surface area contributed by atoms with E-state index in [-0.39, 0.29) is 0 Å². The van der Waals surface area contributed by atoms with Gasteiger partial charge in [0.25, 0.3) is 0 Å². The molecule has 4 nitrogen and oxygen atoms in total. The second-order valence-corrected chi connectivity index (χ2v) is 3.90. The van der Waals surface area contributed by atoms with Crippen LogP contribution in [0.1, 0.15) is 25.2 Å². The molecule has 1 aromatic rings. The highest BCUT2D eigenvalue weighted by Gasteiger charge is 2.00. The van der Waals surface area contributed by atoms with E-state index in [1.807, 2.05) is 18.2 Å². The molecule has 0 aliphatic heterocycles. The van der Waals surface area contributed by atoms with Gasteiger partial charge in [-0.15, -0.1) is 0 Å². The van der Waals surface area contributed by atoms with E-state index in [1.165, 1.54) is 0 Å². The minimum absolute atomic E-state index is 0.479. The fraction of sp³-hybridized carbons (Fsp3) is 0.615. The zero-order valence-electron chi connectivity index (χ0n) is 10.9. The molecular formula is C13H23N3O. The van der Waals surface area contributed by atoms with Gasteiger partial charge >= 0.3 is 0 Å². The average molecular weight is 237 g/mol. The summed E-state index contributed by atoms with van der Waals surface area (Å²) in [5.74, 6) is 0. The number of hydrogen-bond acceptors (Lipinski definition) is 4. The van der Waals surface area contributed by atoms with Crippen molar-refractivity contribution in [3.63, 3.8) is 0 Å². The Bertz CT molecular complexity index is 313. The van der Waals surface area contributed by atoms with Gasteiger partial charge in [-0.05, 0) is 25.2 Å². The maximum absolute atomic E-state index is 5.61. The third-order valence-electron chi connectivity index (χ3n) is 2.77. The van der Waals surface area contributed by atoms with E-state index >= 15 is 0 Å². The van der Waals surface area contributed by atoms with Crippen molar-refractivity contribution in [2.24, 2.45) is 5.73 Å². The van der Waals surface area contributed by atoms with Crippen LogP contribution in [0, 0.1) is 0 Å². The van der Waals surface area contributed by atoms with E-state index in [9.17, 15) is 0 Å². The quantitative estimate of drug-likeness (QED) is 0.694. The summed E-state index contributed by atoms with van der Waals surface area (Å²) in [5, 5.41) is 0. The van der Waals surface area contributed by atoms with Crippen LogP contribution in [0.4, 0.5) is 0 Å². The smallest absolute Gasteiger partial charge is 0.0888 e. The van der Waals surface area contributed by atoms with Gasteiger partial charge in [-0.2, -0.15) is 0 Å². The lowest BCUT2D eigenvalue weighted by Gasteiger charge is -2.17. The van der Waals surface area contributed by atoms with Gasteiger partial charge in [0.15, 0.2) is 0 Å². The van der Waals surface area contributed by atoms with Crippen molar-refractivity contribution in [1.82, 2.24) is 9.88 Å². The zero-order valence-corrected chi connectivity index (χ0v) is 10.9. The second kappa shape index (κ2) is 8.17. The van der Waals surface area contributed by atoms with Crippen LogP contribution in [-0.2, 0) is 17.9 Å². The Morgan fingerprint density at radius 3 is 2.59 bits per heavy atom. The normalized spacial score (nSPS) is 11.1. The van der Waals surface area contributed by atoms with Gasteiger partial charge in [-0.1, -0.05) is 19.9 Å². The number of aromatic nitrogens is 1. The Hall–Kier alpha value is -0.970. The molecule has 0 atom stereocenters. The molecule has 0 saturated heterocycles. The number of likely N-dealkylation sites (N-methyl/N-ethyl adjacent to an activating group) is 1. The first kappa shape index (κ1) is 14.1. The highest BCUT2D eigenvalue weighted by molar-refractivity contribution is 5.10. The summed E-state index contributed by atoms with van der Waals surface area (Å²) in [6, 6.07) is 5.87. The van der Waals surface area contributed by atoms with Crippen molar-refractivity contribution in [1.29, 1.82) is 0 Å². The molecule has 0 radical (unpaired) electrons. The van der Waals surface area contributed by atoms with Crippen LogP contribution in [0.25, 0.3) is 0 Å². The first-order valence-electron chi connectivity index (χ1n) is 6.25. The molecule has 0 amide bonds. The van der Waals surface area contributed by atoms with Crippen LogP contribution >= 0.6 is 0 Å². The largest absolute Gasteiger partial charge is 0.374 e. The molecule has 1 rings (SSSR count). The predicted molar refractivity (Wildman–Crippen MR) is 69.6 cm³/mol. The Morgan fingerprint density at radius 2 is 1.94 bits per heavy atom. The zero-order chi connectivity index (χ0) is 12.5. The van der Waals surface area contributed by atoms with Crippen LogP contribution in [-0.4, -0.2) is 36.1 Å². The van der Waals surface area contributed by atoms with Gasteiger partial charge in [0, 0.05) is 13.1 Å². The number of pyridine rings is 1. The predicted octanol–water partition coefficient (Wildman–Crippen LogP) is 1.40. The van der Waals surface area contributed by atoms with E-state index in [0.717, 1.165) is 37.6 Å². The van der Waals surface area contributed by atoms with Crippen LogP contribution < -0.4 is 5.73 Å². The Kier molecular flexibility index (Phi) is 6.77. The lowest BCUT2D eigenvalue weighted by molar-refractivity contribution is 0.0935. The molecule has 0 fully saturated rings. The van der Waals surface area contributed by atoms with Crippen molar-refractivity contribution in [3.05, 3.63) is 29.6 Å². The average Bonchev–Trinajstić information content (AvgIpc) is 2.39. The molecule has 0 saturated carbocycles. The van der Waals surface area contributed by atoms with E-state index in [4.69, 9.17) is 10.5 Å². The summed E-state index contributed by atoms with van der Waals surface area (Å²) in [4.78, 5) is 6.72. The van der Waals surface area contributed by atoms with E-state index in [1.54, 1.807) is 0 Å². The van der Waals surface area contributed by atoms with Crippen molar-refractivity contribution < 1.29 is 4.74 Å². The monoisotopic (exact) mass is 237 g/mol. The highest BCUT2D eigenvalue weighted by Crippen LogP contribution is 2.00. The van der Waals surface area contributed by atoms with Crippen LogP contribution in [0.2, 0.25) is 0 Å². The van der Waals surface area contributed by atoms with E-state index in [2.05, 4.69) is 23.7 Å². The fourth-order valence-electron chi connectivity index (χ4n) is 1.63. The first-order valence-corrected chi connectivity index (χ1v) is 6.25. The van der Waals surface area contributed by atoms with Gasteiger partial charge in [0.05, 0.1) is 24.6 Å². The molecule has 0 spiro atoms. The van der Waals surface area contributed by atoms with Gasteiger partial charge in [-0.25, -0.2) is 0 Å². The molecule has 2 N–H and O–H groups in total. The summed E-state index contributed by atoms with van der Waals surface area (Å²) in [7, 11) is 0. The molecule has 0 bridgehead atoms. The summed E-state index contributed by atoms with van der Waals surface area (Å²) in [5.41, 5.74) is 7.40. The first-order chi connectivity index (χ1) is 8.30. The molecule has 0 aromatic carbocycles. The number of ether oxygens (including phenoxy) is 1. The van der Waals surface area contributed by atoms with Crippen molar-refractivity contribution in [3.8, 4) is 0 Å². The Balaban J connectivity index is 2.26. The van der Waals surface area contributed by atoms with Crippen molar-refractivity contribution >= 4 is 0 Å². The third kappa shape index (κ3) is 5.26. The van der Waals surface area contributed by atoms with Crippen molar-refractivity contribution in [2.45, 2.75) is 27.0 Å².